The SMILES string of the molecule is O=S(=O)(c1ccccc1)C1CCNC(=S)N1. The number of hydrogen-bond acceptors (Lipinski definition) is 3. The zero-order valence-electron chi connectivity index (χ0n) is 8.51. The topological polar surface area (TPSA) is 58.2 Å². The van der Waals surface area contributed by atoms with Gasteiger partial charge >= 0.3 is 0 Å². The predicted molar refractivity (Wildman–Crippen MR) is 65.8 cm³/mol. The molecule has 0 spiro atoms. The molecule has 1 atom stereocenters. The zero-order valence-corrected chi connectivity index (χ0v) is 10.1. The number of nitrogens with one attached hydrogen (secondary N) is 2. The summed E-state index contributed by atoms with van der Waals surface area (Å²) in [5, 5.41) is 5.46. The lowest BCUT2D eigenvalue weighted by Crippen LogP contribution is -2.52. The Morgan fingerprint density at radius 1 is 1.25 bits per heavy atom. The molecule has 16 heavy (non-hydrogen) atoms. The first-order chi connectivity index (χ1) is 7.60. The van der Waals surface area contributed by atoms with Gasteiger partial charge < -0.3 is 10.6 Å². The molecule has 0 saturated carbocycles. The highest BCUT2D eigenvalue weighted by Gasteiger charge is 2.29. The van der Waals surface area contributed by atoms with Gasteiger partial charge in [0.1, 0.15) is 5.37 Å². The quantitative estimate of drug-likeness (QED) is 0.761. The Bertz CT molecular complexity index is 485. The number of benzene rings is 1. The van der Waals surface area contributed by atoms with Gasteiger partial charge in [-0.1, -0.05) is 18.2 Å². The second-order valence-electron chi connectivity index (χ2n) is 3.54. The Labute approximate surface area is 100.0 Å². The molecule has 6 heteroatoms. The first-order valence-corrected chi connectivity index (χ1v) is 6.89. The van der Waals surface area contributed by atoms with Crippen LogP contribution in [0.2, 0.25) is 0 Å². The first-order valence-electron chi connectivity index (χ1n) is 4.94. The molecule has 1 aromatic carbocycles. The summed E-state index contributed by atoms with van der Waals surface area (Å²) in [6, 6.07) is 8.42. The van der Waals surface area contributed by atoms with Gasteiger partial charge in [-0.2, -0.15) is 0 Å². The van der Waals surface area contributed by atoms with Crippen molar-refractivity contribution in [3.63, 3.8) is 0 Å². The van der Waals surface area contributed by atoms with Crippen LogP contribution in [0.25, 0.3) is 0 Å². The molecule has 0 amide bonds. The Hall–Kier alpha value is -1.14. The average Bonchev–Trinajstić information content (AvgIpc) is 2.30. The van der Waals surface area contributed by atoms with E-state index in [1.54, 1.807) is 30.3 Å². The maximum absolute atomic E-state index is 12.2. The molecule has 1 saturated heterocycles. The van der Waals surface area contributed by atoms with Gasteiger partial charge in [0.05, 0.1) is 4.90 Å². The van der Waals surface area contributed by atoms with Crippen LogP contribution in [0, 0.1) is 0 Å². The highest BCUT2D eigenvalue weighted by atomic mass is 32.2. The molecule has 1 fully saturated rings. The summed E-state index contributed by atoms with van der Waals surface area (Å²) in [4.78, 5) is 0.331. The molecular formula is C10H12N2O2S2. The minimum Gasteiger partial charge on any atom is -0.363 e. The molecule has 1 heterocycles. The number of hydrogen-bond donors (Lipinski definition) is 2. The molecule has 0 radical (unpaired) electrons. The van der Waals surface area contributed by atoms with Gasteiger partial charge in [0, 0.05) is 6.54 Å². The van der Waals surface area contributed by atoms with Crippen molar-refractivity contribution in [2.75, 3.05) is 6.54 Å². The molecule has 2 rings (SSSR count). The number of sulfone groups is 1. The van der Waals surface area contributed by atoms with Crippen molar-refractivity contribution in [2.24, 2.45) is 0 Å². The normalized spacial score (nSPS) is 21.0. The van der Waals surface area contributed by atoms with Gasteiger partial charge in [0.15, 0.2) is 14.9 Å². The Morgan fingerprint density at radius 3 is 2.56 bits per heavy atom. The largest absolute Gasteiger partial charge is 0.363 e. The summed E-state index contributed by atoms with van der Waals surface area (Å²) < 4.78 is 24.4. The van der Waals surface area contributed by atoms with E-state index in [-0.39, 0.29) is 0 Å². The highest BCUT2D eigenvalue weighted by Crippen LogP contribution is 2.17. The fourth-order valence-corrected chi connectivity index (χ4v) is 3.48. The molecule has 0 aliphatic carbocycles. The van der Waals surface area contributed by atoms with Gasteiger partial charge in [-0.3, -0.25) is 0 Å². The fraction of sp³-hybridized carbons (Fsp3) is 0.300. The highest BCUT2D eigenvalue weighted by molar-refractivity contribution is 7.92. The monoisotopic (exact) mass is 256 g/mol. The van der Waals surface area contributed by atoms with Crippen LogP contribution < -0.4 is 10.6 Å². The summed E-state index contributed by atoms with van der Waals surface area (Å²) in [7, 11) is -3.33. The van der Waals surface area contributed by atoms with E-state index in [0.717, 1.165) is 0 Å². The standard InChI is InChI=1S/C10H12N2O2S2/c13-16(14,8-4-2-1-3-5-8)9-6-7-11-10(15)12-9/h1-5,9H,6-7H2,(H2,11,12,15). The van der Waals surface area contributed by atoms with Crippen LogP contribution in [0.5, 0.6) is 0 Å². The third kappa shape index (κ3) is 2.17. The summed E-state index contributed by atoms with van der Waals surface area (Å²) in [5.41, 5.74) is 0. The smallest absolute Gasteiger partial charge is 0.199 e. The Morgan fingerprint density at radius 2 is 1.94 bits per heavy atom. The van der Waals surface area contributed by atoms with Crippen molar-refractivity contribution < 1.29 is 8.42 Å². The summed E-state index contributed by atoms with van der Waals surface area (Å²) in [6.07, 6.45) is 0.511. The minimum absolute atomic E-state index is 0.331. The van der Waals surface area contributed by atoms with E-state index >= 15 is 0 Å². The summed E-state index contributed by atoms with van der Waals surface area (Å²) in [6.45, 7) is 0.586. The van der Waals surface area contributed by atoms with E-state index in [4.69, 9.17) is 12.2 Å². The lowest BCUT2D eigenvalue weighted by Gasteiger charge is -2.26. The summed E-state index contributed by atoms with van der Waals surface area (Å²) >= 11 is 4.91. The van der Waals surface area contributed by atoms with Crippen LogP contribution in [0.4, 0.5) is 0 Å². The van der Waals surface area contributed by atoms with Crippen molar-refractivity contribution in [2.45, 2.75) is 16.7 Å². The van der Waals surface area contributed by atoms with Crippen LogP contribution >= 0.6 is 12.2 Å². The van der Waals surface area contributed by atoms with E-state index in [1.165, 1.54) is 0 Å². The van der Waals surface area contributed by atoms with Crippen molar-refractivity contribution >= 4 is 27.2 Å². The lowest BCUT2D eigenvalue weighted by molar-refractivity contribution is 0.546. The lowest BCUT2D eigenvalue weighted by atomic mass is 10.4. The molecule has 1 aromatic rings. The minimum atomic E-state index is -3.33. The van der Waals surface area contributed by atoms with E-state index in [2.05, 4.69) is 10.6 Å². The molecule has 4 nitrogen and oxygen atoms in total. The van der Waals surface area contributed by atoms with Gasteiger partial charge in [0.25, 0.3) is 0 Å². The van der Waals surface area contributed by atoms with Crippen molar-refractivity contribution in [1.82, 2.24) is 10.6 Å². The second kappa shape index (κ2) is 4.39. The van der Waals surface area contributed by atoms with Gasteiger partial charge in [-0.25, -0.2) is 8.42 Å². The van der Waals surface area contributed by atoms with Crippen LogP contribution in [0.15, 0.2) is 35.2 Å². The summed E-state index contributed by atoms with van der Waals surface area (Å²) in [5.74, 6) is 0. The van der Waals surface area contributed by atoms with Gasteiger partial charge in [-0.15, -0.1) is 0 Å². The van der Waals surface area contributed by atoms with Gasteiger partial charge in [-0.05, 0) is 30.8 Å². The molecule has 0 aromatic heterocycles. The van der Waals surface area contributed by atoms with E-state index in [0.29, 0.717) is 23.0 Å². The maximum atomic E-state index is 12.2. The van der Waals surface area contributed by atoms with Crippen molar-refractivity contribution in [1.29, 1.82) is 0 Å². The molecular weight excluding hydrogens is 244 g/mol. The maximum Gasteiger partial charge on any atom is 0.199 e. The van der Waals surface area contributed by atoms with Crippen molar-refractivity contribution in [3.8, 4) is 0 Å². The average molecular weight is 256 g/mol. The van der Waals surface area contributed by atoms with Crippen molar-refractivity contribution in [3.05, 3.63) is 30.3 Å². The molecule has 1 aliphatic heterocycles. The third-order valence-corrected chi connectivity index (χ3v) is 4.72. The Kier molecular flexibility index (Phi) is 3.11. The van der Waals surface area contributed by atoms with Crippen LogP contribution in [0.1, 0.15) is 6.42 Å². The first kappa shape index (κ1) is 11.3. The predicted octanol–water partition coefficient (Wildman–Crippen LogP) is 0.654. The van der Waals surface area contributed by atoms with Crippen LogP contribution in [-0.2, 0) is 9.84 Å². The number of rotatable bonds is 2. The van der Waals surface area contributed by atoms with E-state index < -0.39 is 15.2 Å². The molecule has 1 aliphatic rings. The fourth-order valence-electron chi connectivity index (χ4n) is 1.59. The van der Waals surface area contributed by atoms with Crippen LogP contribution in [-0.4, -0.2) is 25.4 Å². The molecule has 86 valence electrons. The molecule has 2 N–H and O–H groups in total. The molecule has 0 bridgehead atoms. The van der Waals surface area contributed by atoms with Crippen LogP contribution in [0.3, 0.4) is 0 Å². The van der Waals surface area contributed by atoms with E-state index in [9.17, 15) is 8.42 Å². The molecule has 1 unspecified atom stereocenters. The Balaban J connectivity index is 2.29. The third-order valence-electron chi connectivity index (χ3n) is 2.43. The van der Waals surface area contributed by atoms with E-state index in [1.807, 2.05) is 0 Å². The number of thiocarbonyl (C=S) groups is 1. The van der Waals surface area contributed by atoms with Gasteiger partial charge in [0.2, 0.25) is 0 Å². The second-order valence-corrected chi connectivity index (χ2v) is 6.07. The zero-order chi connectivity index (χ0) is 11.6.